The number of hydrogen-bond donors (Lipinski definition) is 0. The molecule has 1 aromatic carbocycles. The fourth-order valence-corrected chi connectivity index (χ4v) is 3.07. The van der Waals surface area contributed by atoms with Crippen molar-refractivity contribution in [1.29, 1.82) is 0 Å². The molecule has 0 spiro atoms. The van der Waals surface area contributed by atoms with Crippen LogP contribution in [0.25, 0.3) is 0 Å². The van der Waals surface area contributed by atoms with E-state index in [1.165, 1.54) is 17.4 Å². The van der Waals surface area contributed by atoms with E-state index in [0.717, 1.165) is 19.6 Å². The molecule has 2 rings (SSSR count). The molecular formula is C13H20ClN2O2S-. The first-order valence-corrected chi connectivity index (χ1v) is 8.03. The van der Waals surface area contributed by atoms with Crippen molar-refractivity contribution in [2.45, 2.75) is 13.5 Å². The topological polar surface area (TPSA) is 40.6 Å². The maximum absolute atomic E-state index is 11.4. The zero-order chi connectivity index (χ0) is 13.2. The SMILES string of the molecule is Cc1ccccc1CN1CCN(S(C)(=O)=O)CC1.[Cl-]. The van der Waals surface area contributed by atoms with E-state index in [4.69, 9.17) is 0 Å². The fourth-order valence-electron chi connectivity index (χ4n) is 2.25. The van der Waals surface area contributed by atoms with Crippen LogP contribution in [0.15, 0.2) is 24.3 Å². The summed E-state index contributed by atoms with van der Waals surface area (Å²) in [5.74, 6) is 0. The molecule has 0 aliphatic carbocycles. The van der Waals surface area contributed by atoms with Gasteiger partial charge in [0.25, 0.3) is 0 Å². The van der Waals surface area contributed by atoms with Gasteiger partial charge in [0, 0.05) is 32.7 Å². The van der Waals surface area contributed by atoms with E-state index in [0.29, 0.717) is 13.1 Å². The Morgan fingerprint density at radius 2 is 1.68 bits per heavy atom. The van der Waals surface area contributed by atoms with Crippen LogP contribution in [0.3, 0.4) is 0 Å². The first-order chi connectivity index (χ1) is 8.47. The third-order valence-electron chi connectivity index (χ3n) is 3.46. The van der Waals surface area contributed by atoms with Crippen molar-refractivity contribution in [3.05, 3.63) is 35.4 Å². The third-order valence-corrected chi connectivity index (χ3v) is 4.76. The number of rotatable bonds is 3. The molecule has 0 saturated carbocycles. The number of aryl methyl sites for hydroxylation is 1. The quantitative estimate of drug-likeness (QED) is 0.653. The van der Waals surface area contributed by atoms with Gasteiger partial charge in [-0.25, -0.2) is 8.42 Å². The predicted molar refractivity (Wildman–Crippen MR) is 72.9 cm³/mol. The lowest BCUT2D eigenvalue weighted by atomic mass is 10.1. The average molecular weight is 304 g/mol. The van der Waals surface area contributed by atoms with Crippen molar-refractivity contribution in [2.24, 2.45) is 0 Å². The lowest BCUT2D eigenvalue weighted by Gasteiger charge is -2.33. The molecular weight excluding hydrogens is 284 g/mol. The van der Waals surface area contributed by atoms with Crippen LogP contribution in [-0.2, 0) is 16.6 Å². The molecule has 0 amide bonds. The molecule has 108 valence electrons. The normalized spacial score (nSPS) is 18.0. The van der Waals surface area contributed by atoms with Gasteiger partial charge >= 0.3 is 0 Å². The summed E-state index contributed by atoms with van der Waals surface area (Å²) >= 11 is 0. The Labute approximate surface area is 121 Å². The van der Waals surface area contributed by atoms with Crippen molar-refractivity contribution in [2.75, 3.05) is 32.4 Å². The molecule has 0 radical (unpaired) electrons. The summed E-state index contributed by atoms with van der Waals surface area (Å²) in [4.78, 5) is 2.31. The molecule has 19 heavy (non-hydrogen) atoms. The number of halogens is 1. The van der Waals surface area contributed by atoms with Gasteiger partial charge in [-0.05, 0) is 18.1 Å². The smallest absolute Gasteiger partial charge is 0.211 e. The van der Waals surface area contributed by atoms with E-state index < -0.39 is 10.0 Å². The highest BCUT2D eigenvalue weighted by Gasteiger charge is 2.23. The highest BCUT2D eigenvalue weighted by molar-refractivity contribution is 7.88. The number of hydrogen-bond acceptors (Lipinski definition) is 3. The lowest BCUT2D eigenvalue weighted by Crippen LogP contribution is -3.00. The van der Waals surface area contributed by atoms with Crippen molar-refractivity contribution in [3.63, 3.8) is 0 Å². The summed E-state index contributed by atoms with van der Waals surface area (Å²) in [5.41, 5.74) is 2.62. The van der Waals surface area contributed by atoms with E-state index in [9.17, 15) is 8.42 Å². The summed E-state index contributed by atoms with van der Waals surface area (Å²) < 4.78 is 24.4. The van der Waals surface area contributed by atoms with Crippen LogP contribution >= 0.6 is 0 Å². The zero-order valence-corrected chi connectivity index (χ0v) is 12.9. The van der Waals surface area contributed by atoms with Gasteiger partial charge in [-0.2, -0.15) is 4.31 Å². The Hall–Kier alpha value is -0.620. The zero-order valence-electron chi connectivity index (χ0n) is 11.3. The van der Waals surface area contributed by atoms with Crippen molar-refractivity contribution < 1.29 is 20.8 Å². The highest BCUT2D eigenvalue weighted by Crippen LogP contribution is 2.13. The van der Waals surface area contributed by atoms with E-state index in [1.54, 1.807) is 4.31 Å². The molecule has 4 nitrogen and oxygen atoms in total. The molecule has 0 aromatic heterocycles. The van der Waals surface area contributed by atoms with Crippen molar-refractivity contribution in [3.8, 4) is 0 Å². The summed E-state index contributed by atoms with van der Waals surface area (Å²) in [5, 5.41) is 0. The first-order valence-electron chi connectivity index (χ1n) is 6.19. The van der Waals surface area contributed by atoms with Gasteiger partial charge in [-0.3, -0.25) is 4.90 Å². The third kappa shape index (κ3) is 4.45. The van der Waals surface area contributed by atoms with Crippen LogP contribution in [0.5, 0.6) is 0 Å². The largest absolute Gasteiger partial charge is 1.00 e. The van der Waals surface area contributed by atoms with E-state index >= 15 is 0 Å². The monoisotopic (exact) mass is 303 g/mol. The second kappa shape index (κ2) is 6.70. The van der Waals surface area contributed by atoms with Crippen LogP contribution in [-0.4, -0.2) is 50.1 Å². The molecule has 0 bridgehead atoms. The Balaban J connectivity index is 0.00000180. The van der Waals surface area contributed by atoms with E-state index in [2.05, 4.69) is 30.0 Å². The number of sulfonamides is 1. The molecule has 1 aromatic rings. The fraction of sp³-hybridized carbons (Fsp3) is 0.538. The predicted octanol–water partition coefficient (Wildman–Crippen LogP) is -1.92. The standard InChI is InChI=1S/C13H20N2O2S.ClH/c1-12-5-3-4-6-13(12)11-14-7-9-15(10-8-14)18(2,16)17;/h3-6H,7-11H2,1-2H3;1H/p-1. The maximum atomic E-state index is 11.4. The molecule has 1 aliphatic heterocycles. The number of nitrogens with zero attached hydrogens (tertiary/aromatic N) is 2. The van der Waals surface area contributed by atoms with Gasteiger partial charge in [0.1, 0.15) is 0 Å². The van der Waals surface area contributed by atoms with Gasteiger partial charge < -0.3 is 12.4 Å². The van der Waals surface area contributed by atoms with Gasteiger partial charge in [-0.15, -0.1) is 0 Å². The molecule has 1 saturated heterocycles. The second-order valence-corrected chi connectivity index (χ2v) is 6.85. The van der Waals surface area contributed by atoms with Gasteiger partial charge in [0.05, 0.1) is 6.26 Å². The Morgan fingerprint density at radius 3 is 2.21 bits per heavy atom. The van der Waals surface area contributed by atoms with E-state index in [1.807, 2.05) is 6.07 Å². The maximum Gasteiger partial charge on any atom is 0.211 e. The summed E-state index contributed by atoms with van der Waals surface area (Å²) in [6, 6.07) is 8.34. The van der Waals surface area contributed by atoms with Crippen molar-refractivity contribution >= 4 is 10.0 Å². The molecule has 1 aliphatic rings. The van der Waals surface area contributed by atoms with Gasteiger partial charge in [0.2, 0.25) is 10.0 Å². The first kappa shape index (κ1) is 16.4. The number of benzene rings is 1. The minimum absolute atomic E-state index is 0. The second-order valence-electron chi connectivity index (χ2n) is 4.86. The van der Waals surface area contributed by atoms with Crippen LogP contribution in [0, 0.1) is 6.92 Å². The molecule has 1 fully saturated rings. The van der Waals surface area contributed by atoms with E-state index in [-0.39, 0.29) is 12.4 Å². The Bertz CT molecular complexity index is 511. The van der Waals surface area contributed by atoms with Crippen LogP contribution in [0.1, 0.15) is 11.1 Å². The van der Waals surface area contributed by atoms with Gasteiger partial charge in [0.15, 0.2) is 0 Å². The summed E-state index contributed by atoms with van der Waals surface area (Å²) in [6.45, 7) is 5.84. The molecule has 6 heteroatoms. The van der Waals surface area contributed by atoms with Crippen LogP contribution in [0.2, 0.25) is 0 Å². The lowest BCUT2D eigenvalue weighted by molar-refractivity contribution is -0.00000658. The summed E-state index contributed by atoms with van der Waals surface area (Å²) in [6.07, 6.45) is 1.28. The Morgan fingerprint density at radius 1 is 1.11 bits per heavy atom. The van der Waals surface area contributed by atoms with Crippen LogP contribution < -0.4 is 12.4 Å². The van der Waals surface area contributed by atoms with Crippen LogP contribution in [0.4, 0.5) is 0 Å². The molecule has 1 heterocycles. The average Bonchev–Trinajstić information content (AvgIpc) is 2.32. The highest BCUT2D eigenvalue weighted by atomic mass is 35.5. The Kier molecular flexibility index (Phi) is 5.80. The molecule has 0 unspecified atom stereocenters. The number of piperazine rings is 1. The van der Waals surface area contributed by atoms with Crippen molar-refractivity contribution in [1.82, 2.24) is 9.21 Å². The minimum atomic E-state index is -3.02. The molecule has 0 N–H and O–H groups in total. The summed E-state index contributed by atoms with van der Waals surface area (Å²) in [7, 11) is -3.02. The molecule has 0 atom stereocenters. The van der Waals surface area contributed by atoms with Gasteiger partial charge in [-0.1, -0.05) is 24.3 Å². The minimum Gasteiger partial charge on any atom is -1.00 e.